The number of halogens is 2. The summed E-state index contributed by atoms with van der Waals surface area (Å²) < 4.78 is 15.8. The van der Waals surface area contributed by atoms with Crippen LogP contribution < -0.4 is 7.53 Å². The van der Waals surface area contributed by atoms with Crippen LogP contribution in [0.1, 0.15) is 27.7 Å². The summed E-state index contributed by atoms with van der Waals surface area (Å²) in [5.41, 5.74) is 1.44. The van der Waals surface area contributed by atoms with Gasteiger partial charge in [-0.25, -0.2) is 0 Å². The Bertz CT molecular complexity index is 757. The number of benzene rings is 2. The summed E-state index contributed by atoms with van der Waals surface area (Å²) in [6.07, 6.45) is 0. The zero-order valence-electron chi connectivity index (χ0n) is 14.6. The normalized spacial score (nSPS) is 15.5. The van der Waals surface area contributed by atoms with Crippen LogP contribution in [0.3, 0.4) is 0 Å². The van der Waals surface area contributed by atoms with E-state index in [1.54, 1.807) is 0 Å². The van der Waals surface area contributed by atoms with Crippen LogP contribution in [0.4, 0.5) is 11.4 Å². The average Bonchev–Trinajstić information content (AvgIpc) is 2.60. The summed E-state index contributed by atoms with van der Waals surface area (Å²) in [5.74, 6) is 1.46. The van der Waals surface area contributed by atoms with E-state index in [1.807, 2.05) is 36.4 Å². The third-order valence-electron chi connectivity index (χ3n) is 4.26. The number of hydrogen-bond donors (Lipinski definition) is 0. The van der Waals surface area contributed by atoms with E-state index in [9.17, 15) is 0 Å². The Balaban J connectivity index is 2.25. The maximum atomic E-state index is 6.67. The van der Waals surface area contributed by atoms with Gasteiger partial charge in [0, 0.05) is 0 Å². The van der Waals surface area contributed by atoms with Gasteiger partial charge in [-0.2, -0.15) is 0 Å². The summed E-state index contributed by atoms with van der Waals surface area (Å²) in [6, 6.07) is 11.6. The molecule has 1 aliphatic rings. The van der Waals surface area contributed by atoms with Crippen molar-refractivity contribution in [1.29, 1.82) is 0 Å². The van der Waals surface area contributed by atoms with Gasteiger partial charge in [0.1, 0.15) is 0 Å². The minimum atomic E-state index is -3.30. The van der Waals surface area contributed by atoms with Gasteiger partial charge < -0.3 is 0 Å². The fourth-order valence-corrected chi connectivity index (χ4v) is 10.6. The first-order valence-corrected chi connectivity index (χ1v) is 13.9. The van der Waals surface area contributed by atoms with Gasteiger partial charge in [0.25, 0.3) is 0 Å². The molecule has 0 saturated carbocycles. The van der Waals surface area contributed by atoms with E-state index in [4.69, 9.17) is 7.53 Å². The molecule has 4 nitrogen and oxygen atoms in total. The molecule has 2 aromatic rings. The van der Waals surface area contributed by atoms with Crippen LogP contribution in [0.2, 0.25) is 9.50 Å². The monoisotopic (exact) mass is 528 g/mol. The maximum absolute atomic E-state index is 6.67. The van der Waals surface area contributed by atoms with Crippen LogP contribution in [0.25, 0.3) is 0 Å². The molecule has 0 saturated heterocycles. The van der Waals surface area contributed by atoms with Crippen LogP contribution >= 0.6 is 31.9 Å². The summed E-state index contributed by atoms with van der Waals surface area (Å²) in [4.78, 5) is 0. The Morgan fingerprint density at radius 3 is 1.52 bits per heavy atom. The van der Waals surface area contributed by atoms with E-state index in [1.165, 1.54) is 0 Å². The summed E-state index contributed by atoms with van der Waals surface area (Å²) in [5, 5.41) is 8.83. The van der Waals surface area contributed by atoms with Gasteiger partial charge in [0.2, 0.25) is 0 Å². The molecule has 0 bridgehead atoms. The van der Waals surface area contributed by atoms with Crippen molar-refractivity contribution >= 4 is 57.2 Å². The predicted octanol–water partition coefficient (Wildman–Crippen LogP) is 7.66. The van der Waals surface area contributed by atoms with E-state index in [0.29, 0.717) is 0 Å². The Morgan fingerprint density at radius 1 is 0.760 bits per heavy atom. The zero-order valence-corrected chi connectivity index (χ0v) is 19.9. The second-order valence-electron chi connectivity index (χ2n) is 6.66. The molecule has 7 heteroatoms. The quantitative estimate of drug-likeness (QED) is 0.376. The van der Waals surface area contributed by atoms with Crippen LogP contribution in [0, 0.1) is 0 Å². The van der Waals surface area contributed by atoms with Crippen LogP contribution in [-0.4, -0.2) is 13.9 Å². The van der Waals surface area contributed by atoms with Crippen molar-refractivity contribution in [3.63, 3.8) is 0 Å². The molecule has 1 heterocycles. The zero-order chi connectivity index (χ0) is 18.2. The minimum absolute atomic E-state index is 0.289. The molecule has 0 aromatic heterocycles. The third kappa shape index (κ3) is 3.81. The van der Waals surface area contributed by atoms with Crippen molar-refractivity contribution in [3.05, 3.63) is 45.3 Å². The van der Waals surface area contributed by atoms with Crippen LogP contribution in [0.5, 0.6) is 11.5 Å². The number of hydrogen-bond acceptors (Lipinski definition) is 4. The molecule has 0 aliphatic carbocycles. The van der Waals surface area contributed by atoms with Crippen molar-refractivity contribution < 1.29 is 7.53 Å². The fraction of sp³-hybridized carbons (Fsp3) is 0.333. The molecule has 0 unspecified atom stereocenters. The number of nitrogens with zero attached hydrogens (tertiary/aromatic N) is 2. The van der Waals surface area contributed by atoms with Crippen molar-refractivity contribution in [2.75, 3.05) is 0 Å². The van der Waals surface area contributed by atoms with Gasteiger partial charge in [0.15, 0.2) is 0 Å². The van der Waals surface area contributed by atoms with E-state index < -0.39 is 13.9 Å². The predicted molar refractivity (Wildman–Crippen MR) is 110 cm³/mol. The molecule has 25 heavy (non-hydrogen) atoms. The van der Waals surface area contributed by atoms with Crippen LogP contribution in [-0.2, 0) is 0 Å². The molecule has 132 valence electrons. The van der Waals surface area contributed by atoms with E-state index in [0.717, 1.165) is 31.8 Å². The van der Waals surface area contributed by atoms with Gasteiger partial charge >= 0.3 is 169 Å². The van der Waals surface area contributed by atoms with Crippen molar-refractivity contribution in [2.45, 2.75) is 37.2 Å². The first-order chi connectivity index (χ1) is 11.8. The van der Waals surface area contributed by atoms with Gasteiger partial charge in [-0.1, -0.05) is 0 Å². The SMILES string of the molecule is C[CH](C)[Ge]1([CH](C)C)[O]c2cc(Br)ccc2N=Nc2ccc(Br)cc2[O]1. The van der Waals surface area contributed by atoms with Gasteiger partial charge in [-0.3, -0.25) is 0 Å². The summed E-state index contributed by atoms with van der Waals surface area (Å²) in [7, 11) is 0. The summed E-state index contributed by atoms with van der Waals surface area (Å²) in [6.45, 7) is 8.73. The van der Waals surface area contributed by atoms with E-state index in [2.05, 4.69) is 69.8 Å². The van der Waals surface area contributed by atoms with Crippen molar-refractivity contribution in [1.82, 2.24) is 0 Å². The second-order valence-corrected chi connectivity index (χ2v) is 17.2. The van der Waals surface area contributed by atoms with E-state index in [-0.39, 0.29) is 9.50 Å². The molecule has 0 fully saturated rings. The Kier molecular flexibility index (Phi) is 5.60. The molecular weight excluding hydrogens is 509 g/mol. The topological polar surface area (TPSA) is 43.2 Å². The molecule has 0 amide bonds. The molecule has 0 radical (unpaired) electrons. The first kappa shape index (κ1) is 18.9. The van der Waals surface area contributed by atoms with Crippen LogP contribution in [0.15, 0.2) is 55.6 Å². The van der Waals surface area contributed by atoms with Crippen molar-refractivity contribution in [3.8, 4) is 11.5 Å². The second kappa shape index (κ2) is 7.41. The molecule has 2 aromatic carbocycles. The average molecular weight is 529 g/mol. The fourth-order valence-electron chi connectivity index (χ4n) is 2.92. The molecule has 3 rings (SSSR count). The molecule has 1 aliphatic heterocycles. The number of rotatable bonds is 2. The van der Waals surface area contributed by atoms with E-state index >= 15 is 0 Å². The standard InChI is InChI=1S/C18H20Br2GeN2O2/c1-11(2)21(12(3)4)24-17-9-13(19)5-7-15(17)22-23-16-8-6-14(20)10-18(16)25-21/h5-12H,1-4H3. The first-order valence-electron chi connectivity index (χ1n) is 8.20. The Hall–Kier alpha value is -0.857. The number of fused-ring (bicyclic) bond motifs is 2. The van der Waals surface area contributed by atoms with Gasteiger partial charge in [-0.15, -0.1) is 0 Å². The number of azo groups is 1. The Morgan fingerprint density at radius 2 is 1.16 bits per heavy atom. The molecule has 0 N–H and O–H groups in total. The van der Waals surface area contributed by atoms with Gasteiger partial charge in [-0.05, 0) is 0 Å². The third-order valence-corrected chi connectivity index (χ3v) is 14.3. The van der Waals surface area contributed by atoms with Gasteiger partial charge in [0.05, 0.1) is 0 Å². The Labute approximate surface area is 168 Å². The van der Waals surface area contributed by atoms with Crippen molar-refractivity contribution in [2.24, 2.45) is 10.2 Å². The molecular formula is C18H20Br2GeN2O2. The molecule has 0 atom stereocenters. The summed E-state index contributed by atoms with van der Waals surface area (Å²) >= 11 is 3.75. The molecule has 0 spiro atoms.